The molecule has 5 rings (SSSR count). The Morgan fingerprint density at radius 3 is 2.42 bits per heavy atom. The molecule has 2 aromatic rings. The molecule has 0 unspecified atom stereocenters. The second kappa shape index (κ2) is 11.7. The Kier molecular flexibility index (Phi) is 8.13. The fraction of sp³-hybridized carbons (Fsp3) is 0.655. The third-order valence-electron chi connectivity index (χ3n) is 7.97. The van der Waals surface area contributed by atoms with E-state index in [1.807, 2.05) is 0 Å². The van der Waals surface area contributed by atoms with Crippen molar-refractivity contribution in [2.24, 2.45) is 0 Å². The highest BCUT2D eigenvalue weighted by Gasteiger charge is 2.24. The number of fused-ring (bicyclic) bond motifs is 1. The quantitative estimate of drug-likeness (QED) is 0.579. The van der Waals surface area contributed by atoms with Crippen molar-refractivity contribution in [1.82, 2.24) is 19.8 Å². The minimum Gasteiger partial charge on any atom is -0.495 e. The first-order valence-electron chi connectivity index (χ1n) is 14.0. The standard InChI is InChI=1S/C29H42N6O/c1-22(2)34-18-11-24(12-19-34)30-28-25-21-27(36-3)23(10-4-5-13-33-14-6-7-15-33)20-26(25)31-29(32-28)35-16-8-9-17-35/h20-22,24H,5-9,11-19H2,1-3H3,(H,30,31,32). The first kappa shape index (κ1) is 25.1. The van der Waals surface area contributed by atoms with E-state index >= 15 is 0 Å². The van der Waals surface area contributed by atoms with Gasteiger partial charge in [0.25, 0.3) is 0 Å². The summed E-state index contributed by atoms with van der Waals surface area (Å²) in [5, 5.41) is 4.82. The molecular formula is C29H42N6O. The summed E-state index contributed by atoms with van der Waals surface area (Å²) in [7, 11) is 1.73. The third-order valence-corrected chi connectivity index (χ3v) is 7.97. The number of nitrogens with one attached hydrogen (secondary N) is 1. The first-order chi connectivity index (χ1) is 17.6. The highest BCUT2D eigenvalue weighted by atomic mass is 16.5. The highest BCUT2D eigenvalue weighted by molar-refractivity contribution is 5.93. The minimum atomic E-state index is 0.417. The van der Waals surface area contributed by atoms with Gasteiger partial charge in [-0.25, -0.2) is 4.98 Å². The lowest BCUT2D eigenvalue weighted by molar-refractivity contribution is 0.177. The molecule has 1 N–H and O–H groups in total. The molecule has 0 radical (unpaired) electrons. The molecule has 3 aliphatic heterocycles. The monoisotopic (exact) mass is 490 g/mol. The Balaban J connectivity index is 1.42. The average Bonchev–Trinajstić information content (AvgIpc) is 3.61. The summed E-state index contributed by atoms with van der Waals surface area (Å²) in [5.41, 5.74) is 1.85. The number of hydrogen-bond acceptors (Lipinski definition) is 7. The third kappa shape index (κ3) is 5.87. The van der Waals surface area contributed by atoms with Crippen molar-refractivity contribution in [1.29, 1.82) is 0 Å². The number of anilines is 2. The van der Waals surface area contributed by atoms with E-state index in [-0.39, 0.29) is 0 Å². The summed E-state index contributed by atoms with van der Waals surface area (Å²) < 4.78 is 5.79. The molecular weight excluding hydrogens is 448 g/mol. The van der Waals surface area contributed by atoms with E-state index in [0.29, 0.717) is 12.1 Å². The van der Waals surface area contributed by atoms with Crippen molar-refractivity contribution >= 4 is 22.7 Å². The molecule has 1 aromatic carbocycles. The van der Waals surface area contributed by atoms with E-state index in [1.54, 1.807) is 7.11 Å². The SMILES string of the molecule is COc1cc2c(NC3CCN(C(C)C)CC3)nc(N3CCCC3)nc2cc1C#CCCN1CCCC1. The predicted octanol–water partition coefficient (Wildman–Crippen LogP) is 4.36. The number of likely N-dealkylation sites (tertiary alicyclic amines) is 2. The van der Waals surface area contributed by atoms with Gasteiger partial charge in [-0.1, -0.05) is 11.8 Å². The van der Waals surface area contributed by atoms with Crippen molar-refractivity contribution in [3.05, 3.63) is 17.7 Å². The number of aromatic nitrogens is 2. The van der Waals surface area contributed by atoms with Crippen LogP contribution in [-0.2, 0) is 0 Å². The molecule has 0 atom stereocenters. The normalized spacial score (nSPS) is 19.7. The number of benzene rings is 1. The van der Waals surface area contributed by atoms with Crippen LogP contribution in [0, 0.1) is 11.8 Å². The molecule has 3 aliphatic rings. The largest absolute Gasteiger partial charge is 0.495 e. The maximum absolute atomic E-state index is 5.79. The van der Waals surface area contributed by atoms with Gasteiger partial charge in [-0.3, -0.25) is 0 Å². The second-order valence-electron chi connectivity index (χ2n) is 10.8. The van der Waals surface area contributed by atoms with E-state index in [1.165, 1.54) is 38.8 Å². The number of ether oxygens (including phenoxy) is 1. The van der Waals surface area contributed by atoms with Gasteiger partial charge in [0.15, 0.2) is 0 Å². The van der Waals surface area contributed by atoms with Crippen LogP contribution in [0.4, 0.5) is 11.8 Å². The lowest BCUT2D eigenvalue weighted by Gasteiger charge is -2.35. The Morgan fingerprint density at radius 1 is 1.00 bits per heavy atom. The summed E-state index contributed by atoms with van der Waals surface area (Å²) in [5.74, 6) is 9.33. The Hall–Kier alpha value is -2.56. The van der Waals surface area contributed by atoms with E-state index in [9.17, 15) is 0 Å². The summed E-state index contributed by atoms with van der Waals surface area (Å²) in [6.45, 7) is 12.3. The molecule has 1 aromatic heterocycles. The number of hydrogen-bond donors (Lipinski definition) is 1. The Labute approximate surface area is 216 Å². The van der Waals surface area contributed by atoms with Gasteiger partial charge in [0.2, 0.25) is 5.95 Å². The van der Waals surface area contributed by atoms with Crippen molar-refractivity contribution in [2.75, 3.05) is 63.1 Å². The van der Waals surface area contributed by atoms with Crippen LogP contribution in [0.25, 0.3) is 10.9 Å². The molecule has 194 valence electrons. The summed E-state index contributed by atoms with van der Waals surface area (Å²) >= 11 is 0. The molecule has 0 saturated carbocycles. The highest BCUT2D eigenvalue weighted by Crippen LogP contribution is 2.32. The molecule has 3 fully saturated rings. The van der Waals surface area contributed by atoms with Crippen LogP contribution in [0.2, 0.25) is 0 Å². The molecule has 0 spiro atoms. The van der Waals surface area contributed by atoms with Crippen molar-refractivity contribution in [3.63, 3.8) is 0 Å². The average molecular weight is 491 g/mol. The van der Waals surface area contributed by atoms with Gasteiger partial charge in [0.1, 0.15) is 11.6 Å². The topological polar surface area (TPSA) is 56.8 Å². The van der Waals surface area contributed by atoms with Crippen LogP contribution in [0.5, 0.6) is 5.75 Å². The van der Waals surface area contributed by atoms with Crippen LogP contribution >= 0.6 is 0 Å². The number of rotatable bonds is 7. The molecule has 0 amide bonds. The number of nitrogens with zero attached hydrogens (tertiary/aromatic N) is 5. The summed E-state index contributed by atoms with van der Waals surface area (Å²) in [6.07, 6.45) is 8.17. The van der Waals surface area contributed by atoms with Crippen molar-refractivity contribution in [2.45, 2.75) is 70.9 Å². The number of methoxy groups -OCH3 is 1. The van der Waals surface area contributed by atoms with Crippen LogP contribution in [-0.4, -0.2) is 84.8 Å². The van der Waals surface area contributed by atoms with Crippen LogP contribution in [0.15, 0.2) is 12.1 Å². The summed E-state index contributed by atoms with van der Waals surface area (Å²) in [6, 6.07) is 5.21. The number of piperidine rings is 1. The maximum atomic E-state index is 5.79. The maximum Gasteiger partial charge on any atom is 0.227 e. The van der Waals surface area contributed by atoms with Gasteiger partial charge in [0.05, 0.1) is 18.2 Å². The molecule has 7 nitrogen and oxygen atoms in total. The van der Waals surface area contributed by atoms with Gasteiger partial charge in [-0.15, -0.1) is 0 Å². The van der Waals surface area contributed by atoms with Crippen LogP contribution in [0.3, 0.4) is 0 Å². The zero-order valence-electron chi connectivity index (χ0n) is 22.4. The Morgan fingerprint density at radius 2 is 1.72 bits per heavy atom. The first-order valence-corrected chi connectivity index (χ1v) is 14.0. The smallest absolute Gasteiger partial charge is 0.227 e. The van der Waals surface area contributed by atoms with E-state index in [2.05, 4.69) is 57.8 Å². The minimum absolute atomic E-state index is 0.417. The molecule has 0 aliphatic carbocycles. The molecule has 3 saturated heterocycles. The van der Waals surface area contributed by atoms with Crippen LogP contribution in [0.1, 0.15) is 64.4 Å². The fourth-order valence-electron chi connectivity index (χ4n) is 5.71. The van der Waals surface area contributed by atoms with E-state index < -0.39 is 0 Å². The zero-order chi connectivity index (χ0) is 24.9. The lowest BCUT2D eigenvalue weighted by atomic mass is 10.0. The molecule has 4 heterocycles. The molecule has 36 heavy (non-hydrogen) atoms. The van der Waals surface area contributed by atoms with E-state index in [4.69, 9.17) is 14.7 Å². The van der Waals surface area contributed by atoms with Crippen LogP contribution < -0.4 is 15.0 Å². The van der Waals surface area contributed by atoms with Crippen molar-refractivity contribution < 1.29 is 4.74 Å². The fourth-order valence-corrected chi connectivity index (χ4v) is 5.71. The van der Waals surface area contributed by atoms with Gasteiger partial charge in [0, 0.05) is 56.6 Å². The summed E-state index contributed by atoms with van der Waals surface area (Å²) in [4.78, 5) is 17.4. The second-order valence-corrected chi connectivity index (χ2v) is 10.8. The lowest BCUT2D eigenvalue weighted by Crippen LogP contribution is -2.42. The van der Waals surface area contributed by atoms with E-state index in [0.717, 1.165) is 86.0 Å². The van der Waals surface area contributed by atoms with Gasteiger partial charge < -0.3 is 24.8 Å². The Bertz CT molecular complexity index is 1090. The zero-order valence-corrected chi connectivity index (χ0v) is 22.4. The van der Waals surface area contributed by atoms with Gasteiger partial charge >= 0.3 is 0 Å². The molecule has 7 heteroatoms. The molecule has 0 bridgehead atoms. The van der Waals surface area contributed by atoms with Gasteiger partial charge in [-0.2, -0.15) is 4.98 Å². The van der Waals surface area contributed by atoms with Gasteiger partial charge in [-0.05, 0) is 77.6 Å². The van der Waals surface area contributed by atoms with Crippen molar-refractivity contribution in [3.8, 4) is 17.6 Å². The predicted molar refractivity (Wildman–Crippen MR) is 148 cm³/mol.